The molecule has 112 valence electrons. The molecule has 0 amide bonds. The summed E-state index contributed by atoms with van der Waals surface area (Å²) in [6.07, 6.45) is -4.20. The topological polar surface area (TPSA) is 51.8 Å². The van der Waals surface area contributed by atoms with Gasteiger partial charge >= 0.3 is 6.18 Å². The molecular weight excluding hydrogens is 354 g/mol. The highest BCUT2D eigenvalue weighted by atomic mass is 79.9. The molecule has 0 saturated heterocycles. The molecule has 0 fully saturated rings. The summed E-state index contributed by atoms with van der Waals surface area (Å²) < 4.78 is 52.8. The fourth-order valence-electron chi connectivity index (χ4n) is 1.82. The third-order valence-corrected chi connectivity index (χ3v) is 3.67. The van der Waals surface area contributed by atoms with Gasteiger partial charge in [0.15, 0.2) is 5.82 Å². The maximum atomic E-state index is 13.3. The lowest BCUT2D eigenvalue weighted by molar-refractivity contribution is -0.137. The van der Waals surface area contributed by atoms with Crippen LogP contribution in [0.5, 0.6) is 0 Å². The summed E-state index contributed by atoms with van der Waals surface area (Å²) in [4.78, 5) is 7.85. The van der Waals surface area contributed by atoms with E-state index in [4.69, 9.17) is 5.73 Å². The van der Waals surface area contributed by atoms with Crippen LogP contribution in [0.1, 0.15) is 18.2 Å². The van der Waals surface area contributed by atoms with Crippen LogP contribution in [0.4, 0.5) is 23.4 Å². The van der Waals surface area contributed by atoms with Crippen LogP contribution >= 0.6 is 15.9 Å². The highest BCUT2D eigenvalue weighted by Gasteiger charge is 2.34. The van der Waals surface area contributed by atoms with Crippen LogP contribution < -0.4 is 5.73 Å². The zero-order chi connectivity index (χ0) is 15.8. The van der Waals surface area contributed by atoms with E-state index in [1.165, 1.54) is 0 Å². The summed E-state index contributed by atoms with van der Waals surface area (Å²) in [5.74, 6) is -1.05. The van der Waals surface area contributed by atoms with Crippen molar-refractivity contribution in [3.63, 3.8) is 0 Å². The van der Waals surface area contributed by atoms with Crippen molar-refractivity contribution in [1.29, 1.82) is 0 Å². The van der Waals surface area contributed by atoms with Gasteiger partial charge in [-0.3, -0.25) is 0 Å². The first-order valence-electron chi connectivity index (χ1n) is 5.93. The van der Waals surface area contributed by atoms with Crippen molar-refractivity contribution >= 4 is 21.7 Å². The molecule has 3 nitrogen and oxygen atoms in total. The molecule has 21 heavy (non-hydrogen) atoms. The van der Waals surface area contributed by atoms with Crippen LogP contribution in [0.15, 0.2) is 22.7 Å². The Bertz CT molecular complexity index is 686. The van der Waals surface area contributed by atoms with Gasteiger partial charge in [-0.25, -0.2) is 14.4 Å². The van der Waals surface area contributed by atoms with Gasteiger partial charge in [0.25, 0.3) is 0 Å². The number of nitrogen functional groups attached to an aromatic ring is 1. The minimum atomic E-state index is -4.64. The maximum absolute atomic E-state index is 13.3. The van der Waals surface area contributed by atoms with Gasteiger partial charge in [-0.05, 0) is 40.5 Å². The molecule has 0 aliphatic carbocycles. The number of aryl methyl sites for hydroxylation is 1. The Hall–Kier alpha value is -1.70. The smallest absolute Gasteiger partial charge is 0.383 e. The van der Waals surface area contributed by atoms with E-state index in [1.807, 2.05) is 0 Å². The molecule has 0 atom stereocenters. The zero-order valence-corrected chi connectivity index (χ0v) is 12.4. The summed E-state index contributed by atoms with van der Waals surface area (Å²) in [6, 6.07) is 2.16. The van der Waals surface area contributed by atoms with Gasteiger partial charge in [-0.15, -0.1) is 0 Å². The van der Waals surface area contributed by atoms with Crippen molar-refractivity contribution in [3.8, 4) is 11.4 Å². The molecule has 0 aliphatic rings. The first-order chi connectivity index (χ1) is 9.74. The molecule has 0 spiro atoms. The van der Waals surface area contributed by atoms with E-state index in [1.54, 1.807) is 6.92 Å². The molecule has 8 heteroatoms. The lowest BCUT2D eigenvalue weighted by Gasteiger charge is -2.13. The first kappa shape index (κ1) is 15.7. The molecule has 2 N–H and O–H groups in total. The Morgan fingerprint density at radius 3 is 2.48 bits per heavy atom. The molecule has 1 heterocycles. The number of halogens is 5. The number of nitrogens with two attached hydrogens (primary N) is 1. The Kier molecular flexibility index (Phi) is 4.18. The average Bonchev–Trinajstić information content (AvgIpc) is 2.40. The molecule has 1 aromatic heterocycles. The summed E-state index contributed by atoms with van der Waals surface area (Å²) in [5, 5.41) is 0. The van der Waals surface area contributed by atoms with Gasteiger partial charge in [-0.2, -0.15) is 13.2 Å². The second-order valence-corrected chi connectivity index (χ2v) is 5.03. The Balaban J connectivity index is 2.72. The van der Waals surface area contributed by atoms with Crippen LogP contribution in [0.25, 0.3) is 11.4 Å². The quantitative estimate of drug-likeness (QED) is 0.813. The van der Waals surface area contributed by atoms with Gasteiger partial charge < -0.3 is 5.73 Å². The fourth-order valence-corrected chi connectivity index (χ4v) is 2.27. The number of aromatic nitrogens is 2. The molecule has 0 radical (unpaired) electrons. The monoisotopic (exact) mass is 363 g/mol. The number of benzene rings is 1. The lowest BCUT2D eigenvalue weighted by atomic mass is 10.1. The van der Waals surface area contributed by atoms with Crippen LogP contribution in [0.2, 0.25) is 0 Å². The Morgan fingerprint density at radius 1 is 1.24 bits per heavy atom. The molecule has 0 bridgehead atoms. The van der Waals surface area contributed by atoms with E-state index in [9.17, 15) is 17.6 Å². The van der Waals surface area contributed by atoms with Crippen molar-refractivity contribution in [3.05, 3.63) is 39.7 Å². The third-order valence-electron chi connectivity index (χ3n) is 2.81. The van der Waals surface area contributed by atoms with Crippen LogP contribution in [-0.4, -0.2) is 9.97 Å². The number of anilines is 1. The van der Waals surface area contributed by atoms with Crippen LogP contribution in [-0.2, 0) is 12.6 Å². The second-order valence-electron chi connectivity index (χ2n) is 4.23. The summed E-state index contributed by atoms with van der Waals surface area (Å²) >= 11 is 3.17. The number of hydrogen-bond acceptors (Lipinski definition) is 3. The normalized spacial score (nSPS) is 11.7. The van der Waals surface area contributed by atoms with Crippen LogP contribution in [0, 0.1) is 5.82 Å². The Labute approximate surface area is 126 Å². The van der Waals surface area contributed by atoms with E-state index >= 15 is 0 Å². The summed E-state index contributed by atoms with van der Waals surface area (Å²) in [7, 11) is 0. The van der Waals surface area contributed by atoms with Crippen molar-refractivity contribution in [1.82, 2.24) is 9.97 Å². The van der Waals surface area contributed by atoms with Crippen molar-refractivity contribution in [2.24, 2.45) is 0 Å². The SMILES string of the molecule is CCc1nc(-c2cc(F)ccc2C(F)(F)F)nc(N)c1Br. The number of nitrogens with zero attached hydrogens (tertiary/aromatic N) is 2. The van der Waals surface area contributed by atoms with Gasteiger partial charge in [0.2, 0.25) is 0 Å². The maximum Gasteiger partial charge on any atom is 0.417 e. The number of hydrogen-bond donors (Lipinski definition) is 1. The fraction of sp³-hybridized carbons (Fsp3) is 0.231. The van der Waals surface area contributed by atoms with E-state index < -0.39 is 23.1 Å². The van der Waals surface area contributed by atoms with E-state index in [0.717, 1.165) is 12.1 Å². The molecule has 1 aromatic carbocycles. The highest BCUT2D eigenvalue weighted by molar-refractivity contribution is 9.10. The van der Waals surface area contributed by atoms with E-state index in [2.05, 4.69) is 25.9 Å². The van der Waals surface area contributed by atoms with E-state index in [-0.39, 0.29) is 11.6 Å². The highest BCUT2D eigenvalue weighted by Crippen LogP contribution is 2.37. The minimum Gasteiger partial charge on any atom is -0.383 e. The number of alkyl halides is 3. The summed E-state index contributed by atoms with van der Waals surface area (Å²) in [5.41, 5.74) is 4.67. The van der Waals surface area contributed by atoms with Gasteiger partial charge in [0.05, 0.1) is 15.7 Å². The second kappa shape index (κ2) is 5.59. The van der Waals surface area contributed by atoms with Crippen LogP contribution in [0.3, 0.4) is 0 Å². The van der Waals surface area contributed by atoms with Crippen molar-refractivity contribution < 1.29 is 17.6 Å². The Morgan fingerprint density at radius 2 is 1.90 bits per heavy atom. The predicted octanol–water partition coefficient (Wildman–Crippen LogP) is 4.21. The molecule has 0 unspecified atom stereocenters. The van der Waals surface area contributed by atoms with Crippen molar-refractivity contribution in [2.45, 2.75) is 19.5 Å². The zero-order valence-electron chi connectivity index (χ0n) is 10.8. The number of rotatable bonds is 2. The first-order valence-corrected chi connectivity index (χ1v) is 6.72. The van der Waals surface area contributed by atoms with Gasteiger partial charge in [-0.1, -0.05) is 6.92 Å². The van der Waals surface area contributed by atoms with E-state index in [0.29, 0.717) is 22.7 Å². The lowest BCUT2D eigenvalue weighted by Crippen LogP contribution is -2.10. The largest absolute Gasteiger partial charge is 0.417 e. The van der Waals surface area contributed by atoms with Gasteiger partial charge in [0.1, 0.15) is 11.6 Å². The molecule has 2 rings (SSSR count). The molecule has 0 aliphatic heterocycles. The van der Waals surface area contributed by atoms with Gasteiger partial charge in [0, 0.05) is 5.56 Å². The average molecular weight is 364 g/mol. The standard InChI is InChI=1S/C13H10BrF4N3/c1-2-9-10(14)11(19)21-12(20-9)7-5-6(15)3-4-8(7)13(16,17)18/h3-5H,2H2,1H3,(H2,19,20,21). The predicted molar refractivity (Wildman–Crippen MR) is 73.9 cm³/mol. The summed E-state index contributed by atoms with van der Waals surface area (Å²) in [6.45, 7) is 1.77. The van der Waals surface area contributed by atoms with Crippen molar-refractivity contribution in [2.75, 3.05) is 5.73 Å². The molecule has 0 saturated carbocycles. The third kappa shape index (κ3) is 3.15. The minimum absolute atomic E-state index is 0.00855. The molecular formula is C13H10BrF4N3. The molecule has 2 aromatic rings.